The molecular weight excluding hydrogens is 310 g/mol. The van der Waals surface area contributed by atoms with E-state index < -0.39 is 0 Å². The number of aromatic amines is 1. The molecule has 0 aliphatic carbocycles. The van der Waals surface area contributed by atoms with Crippen molar-refractivity contribution in [3.8, 4) is 0 Å². The predicted molar refractivity (Wildman–Crippen MR) is 100 cm³/mol. The topological polar surface area (TPSA) is 70.3 Å². The Morgan fingerprint density at radius 2 is 1.76 bits per heavy atom. The second-order valence-electron chi connectivity index (χ2n) is 6.30. The number of benzene rings is 2. The summed E-state index contributed by atoms with van der Waals surface area (Å²) in [7, 11) is 0. The molecule has 0 radical (unpaired) electrons. The Morgan fingerprint density at radius 3 is 2.44 bits per heavy atom. The van der Waals surface area contributed by atoms with Crippen LogP contribution < -0.4 is 5.73 Å². The van der Waals surface area contributed by atoms with Crippen molar-refractivity contribution in [3.63, 3.8) is 0 Å². The Bertz CT molecular complexity index is 854. The van der Waals surface area contributed by atoms with E-state index in [0.29, 0.717) is 5.95 Å². The van der Waals surface area contributed by atoms with E-state index in [0.717, 1.165) is 36.6 Å². The molecule has 126 valence electrons. The molecule has 0 saturated carbocycles. The monoisotopic (exact) mass is 331 g/mol. The van der Waals surface area contributed by atoms with Gasteiger partial charge < -0.3 is 15.6 Å². The number of nitrogens with one attached hydrogen (secondary N) is 1. The van der Waals surface area contributed by atoms with Gasteiger partial charge in [-0.15, -0.1) is 0 Å². The van der Waals surface area contributed by atoms with Gasteiger partial charge in [0.05, 0.1) is 18.8 Å². The number of hydrogen-bond acceptors (Lipinski definition) is 4. The summed E-state index contributed by atoms with van der Waals surface area (Å²) >= 11 is 0. The van der Waals surface area contributed by atoms with Gasteiger partial charge in [-0.1, -0.05) is 60.7 Å². The first-order valence-corrected chi connectivity index (χ1v) is 8.49. The quantitative estimate of drug-likeness (QED) is 0.755. The molecule has 0 saturated heterocycles. The smallest absolute Gasteiger partial charge is 0.197 e. The van der Waals surface area contributed by atoms with Gasteiger partial charge in [0.15, 0.2) is 5.95 Å². The lowest BCUT2D eigenvalue weighted by atomic mass is 10.1. The zero-order chi connectivity index (χ0) is 17.1. The largest absolute Gasteiger partial charge is 0.369 e. The van der Waals surface area contributed by atoms with E-state index in [1.807, 2.05) is 18.3 Å². The van der Waals surface area contributed by atoms with Gasteiger partial charge in [0.2, 0.25) is 0 Å². The van der Waals surface area contributed by atoms with Crippen LogP contribution in [0.3, 0.4) is 0 Å². The van der Waals surface area contributed by atoms with Crippen molar-refractivity contribution in [2.75, 3.05) is 12.3 Å². The molecule has 3 aromatic rings. The highest BCUT2D eigenvalue weighted by atomic mass is 15.3. The number of nitrogens with two attached hydrogens (primary N) is 1. The first-order chi connectivity index (χ1) is 12.3. The first-order valence-electron chi connectivity index (χ1n) is 8.49. The Balaban J connectivity index is 1.61. The van der Waals surface area contributed by atoms with Gasteiger partial charge in [0, 0.05) is 24.2 Å². The number of nitrogen functional groups attached to an aromatic ring is 1. The SMILES string of the molecule is Nc1ncc(CC2CN=C(c3ccccc3)N2Cc2ccccc2)[nH]1. The lowest BCUT2D eigenvalue weighted by molar-refractivity contribution is 0.332. The molecule has 1 unspecified atom stereocenters. The Labute approximate surface area is 147 Å². The summed E-state index contributed by atoms with van der Waals surface area (Å²) < 4.78 is 0. The maximum Gasteiger partial charge on any atom is 0.197 e. The highest BCUT2D eigenvalue weighted by Crippen LogP contribution is 2.22. The second kappa shape index (κ2) is 6.81. The summed E-state index contributed by atoms with van der Waals surface area (Å²) in [5, 5.41) is 0. The third-order valence-electron chi connectivity index (χ3n) is 4.50. The minimum atomic E-state index is 0.287. The third kappa shape index (κ3) is 3.40. The number of hydrogen-bond donors (Lipinski definition) is 2. The molecule has 1 aliphatic heterocycles. The van der Waals surface area contributed by atoms with Crippen LogP contribution in [0.4, 0.5) is 5.95 Å². The van der Waals surface area contributed by atoms with E-state index in [1.165, 1.54) is 5.56 Å². The fourth-order valence-electron chi connectivity index (χ4n) is 3.29. The standard InChI is InChI=1S/C20H21N5/c21-20-23-12-17(24-20)11-18-13-22-19(16-9-5-2-6-10-16)25(18)14-15-7-3-1-4-8-15/h1-10,12,18H,11,13-14H2,(H3,21,23,24). The van der Waals surface area contributed by atoms with Crippen LogP contribution in [0.15, 0.2) is 71.9 Å². The summed E-state index contributed by atoms with van der Waals surface area (Å²) in [5.41, 5.74) is 9.20. The number of imidazole rings is 1. The van der Waals surface area contributed by atoms with Crippen molar-refractivity contribution < 1.29 is 0 Å². The number of nitrogens with zero attached hydrogens (tertiary/aromatic N) is 3. The number of H-pyrrole nitrogens is 1. The predicted octanol–water partition coefficient (Wildman–Crippen LogP) is 2.87. The van der Waals surface area contributed by atoms with Crippen LogP contribution in [0.25, 0.3) is 0 Å². The number of anilines is 1. The lowest BCUT2D eigenvalue weighted by Crippen LogP contribution is -2.38. The van der Waals surface area contributed by atoms with Gasteiger partial charge in [-0.05, 0) is 5.56 Å². The maximum absolute atomic E-state index is 5.72. The summed E-state index contributed by atoms with van der Waals surface area (Å²) in [6.07, 6.45) is 2.66. The van der Waals surface area contributed by atoms with Crippen LogP contribution in [0.2, 0.25) is 0 Å². The number of aliphatic imine (C=N–C) groups is 1. The Morgan fingerprint density at radius 1 is 1.04 bits per heavy atom. The van der Waals surface area contributed by atoms with Gasteiger partial charge in [-0.3, -0.25) is 4.99 Å². The van der Waals surface area contributed by atoms with Crippen molar-refractivity contribution in [2.45, 2.75) is 19.0 Å². The molecular formula is C20H21N5. The van der Waals surface area contributed by atoms with Gasteiger partial charge in [-0.25, -0.2) is 4.98 Å². The van der Waals surface area contributed by atoms with Crippen LogP contribution in [0.5, 0.6) is 0 Å². The molecule has 0 amide bonds. The average Bonchev–Trinajstić information content (AvgIpc) is 3.23. The molecule has 4 rings (SSSR count). The van der Waals surface area contributed by atoms with Crippen molar-refractivity contribution in [1.82, 2.24) is 14.9 Å². The molecule has 25 heavy (non-hydrogen) atoms. The number of rotatable bonds is 5. The first kappa shape index (κ1) is 15.4. The van der Waals surface area contributed by atoms with Crippen molar-refractivity contribution >= 4 is 11.8 Å². The van der Waals surface area contributed by atoms with Gasteiger partial charge in [0.25, 0.3) is 0 Å². The Hall–Kier alpha value is -3.08. The molecule has 0 bridgehead atoms. The normalized spacial score (nSPS) is 16.9. The van der Waals surface area contributed by atoms with E-state index in [9.17, 15) is 0 Å². The van der Waals surface area contributed by atoms with Crippen molar-refractivity contribution in [2.24, 2.45) is 4.99 Å². The molecule has 0 fully saturated rings. The van der Waals surface area contributed by atoms with E-state index in [2.05, 4.69) is 63.4 Å². The molecule has 1 aromatic heterocycles. The minimum Gasteiger partial charge on any atom is -0.369 e. The van der Waals surface area contributed by atoms with Gasteiger partial charge in [0.1, 0.15) is 5.84 Å². The number of aromatic nitrogens is 2. The minimum absolute atomic E-state index is 0.287. The maximum atomic E-state index is 5.72. The molecule has 5 nitrogen and oxygen atoms in total. The van der Waals surface area contributed by atoms with E-state index in [4.69, 9.17) is 10.7 Å². The molecule has 3 N–H and O–H groups in total. The summed E-state index contributed by atoms with van der Waals surface area (Å²) in [4.78, 5) is 14.5. The summed E-state index contributed by atoms with van der Waals surface area (Å²) in [5.74, 6) is 1.52. The highest BCUT2D eigenvalue weighted by molar-refractivity contribution is 6.00. The fourth-order valence-corrected chi connectivity index (χ4v) is 3.29. The lowest BCUT2D eigenvalue weighted by Gasteiger charge is -2.28. The zero-order valence-electron chi connectivity index (χ0n) is 14.0. The van der Waals surface area contributed by atoms with Crippen LogP contribution in [-0.4, -0.2) is 33.3 Å². The van der Waals surface area contributed by atoms with E-state index in [1.54, 1.807) is 0 Å². The molecule has 1 atom stereocenters. The molecule has 2 aromatic carbocycles. The second-order valence-corrected chi connectivity index (χ2v) is 6.30. The van der Waals surface area contributed by atoms with Gasteiger partial charge in [-0.2, -0.15) is 0 Å². The van der Waals surface area contributed by atoms with Crippen molar-refractivity contribution in [3.05, 3.63) is 83.7 Å². The third-order valence-corrected chi connectivity index (χ3v) is 4.50. The summed E-state index contributed by atoms with van der Waals surface area (Å²) in [6, 6.07) is 21.2. The summed E-state index contributed by atoms with van der Waals surface area (Å²) in [6.45, 7) is 1.61. The van der Waals surface area contributed by atoms with Crippen LogP contribution in [-0.2, 0) is 13.0 Å². The molecule has 2 heterocycles. The van der Waals surface area contributed by atoms with Gasteiger partial charge >= 0.3 is 0 Å². The number of amidine groups is 1. The zero-order valence-corrected chi connectivity index (χ0v) is 14.0. The molecule has 1 aliphatic rings. The van der Waals surface area contributed by atoms with E-state index >= 15 is 0 Å². The molecule has 5 heteroatoms. The van der Waals surface area contributed by atoms with E-state index in [-0.39, 0.29) is 6.04 Å². The average molecular weight is 331 g/mol. The fraction of sp³-hybridized carbons (Fsp3) is 0.200. The van der Waals surface area contributed by atoms with Crippen LogP contribution >= 0.6 is 0 Å². The molecule has 0 spiro atoms. The van der Waals surface area contributed by atoms with Crippen molar-refractivity contribution in [1.29, 1.82) is 0 Å². The highest BCUT2D eigenvalue weighted by Gasteiger charge is 2.29. The van der Waals surface area contributed by atoms with Crippen LogP contribution in [0, 0.1) is 0 Å². The Kier molecular flexibility index (Phi) is 4.21. The van der Waals surface area contributed by atoms with Crippen LogP contribution in [0.1, 0.15) is 16.8 Å².